The zero-order valence-corrected chi connectivity index (χ0v) is 11.8. The molecular weight excluding hydrogens is 272 g/mol. The number of benzene rings is 1. The van der Waals surface area contributed by atoms with Gasteiger partial charge < -0.3 is 9.15 Å². The molecule has 0 saturated heterocycles. The highest BCUT2D eigenvalue weighted by Gasteiger charge is 2.10. The molecule has 2 amide bonds. The molecule has 0 spiro atoms. The fourth-order valence-electron chi connectivity index (χ4n) is 1.74. The molecule has 0 aliphatic heterocycles. The average Bonchev–Trinajstić information content (AvgIpc) is 2.98. The van der Waals surface area contributed by atoms with Gasteiger partial charge in [-0.3, -0.25) is 20.4 Å². The number of nitrogens with one attached hydrogen (secondary N) is 2. The Bertz CT molecular complexity index is 635. The number of furan rings is 1. The van der Waals surface area contributed by atoms with E-state index in [1.54, 1.807) is 12.1 Å². The van der Waals surface area contributed by atoms with E-state index in [0.29, 0.717) is 5.75 Å². The minimum Gasteiger partial charge on any atom is -0.483 e. The largest absolute Gasteiger partial charge is 0.483 e. The zero-order chi connectivity index (χ0) is 15.2. The molecule has 110 valence electrons. The summed E-state index contributed by atoms with van der Waals surface area (Å²) in [6.45, 7) is 3.69. The van der Waals surface area contributed by atoms with Crippen molar-refractivity contribution < 1.29 is 18.7 Å². The Labute approximate surface area is 122 Å². The van der Waals surface area contributed by atoms with Crippen molar-refractivity contribution in [2.24, 2.45) is 0 Å². The molecule has 0 aliphatic carbocycles. The Balaban J connectivity index is 1.78. The summed E-state index contributed by atoms with van der Waals surface area (Å²) in [7, 11) is 0. The van der Waals surface area contributed by atoms with Gasteiger partial charge in [-0.25, -0.2) is 0 Å². The smallest absolute Gasteiger partial charge is 0.305 e. The lowest BCUT2D eigenvalue weighted by Gasteiger charge is -2.10. The van der Waals surface area contributed by atoms with Crippen LogP contribution in [0.4, 0.5) is 0 Å². The van der Waals surface area contributed by atoms with Gasteiger partial charge in [-0.15, -0.1) is 0 Å². The number of ether oxygens (including phenoxy) is 1. The first kappa shape index (κ1) is 14.6. The van der Waals surface area contributed by atoms with E-state index in [1.807, 2.05) is 26.0 Å². The van der Waals surface area contributed by atoms with Gasteiger partial charge in [0.25, 0.3) is 5.91 Å². The summed E-state index contributed by atoms with van der Waals surface area (Å²) in [5, 5.41) is 0. The van der Waals surface area contributed by atoms with Crippen molar-refractivity contribution in [1.82, 2.24) is 10.9 Å². The van der Waals surface area contributed by atoms with Crippen molar-refractivity contribution in [1.29, 1.82) is 0 Å². The molecule has 0 unspecified atom stereocenters. The maximum absolute atomic E-state index is 11.6. The molecule has 0 aliphatic rings. The summed E-state index contributed by atoms with van der Waals surface area (Å²) in [4.78, 5) is 23.1. The summed E-state index contributed by atoms with van der Waals surface area (Å²) in [6.07, 6.45) is 1.38. The van der Waals surface area contributed by atoms with E-state index in [4.69, 9.17) is 9.15 Å². The highest BCUT2D eigenvalue weighted by molar-refractivity contribution is 5.92. The summed E-state index contributed by atoms with van der Waals surface area (Å²) in [5.74, 6) is -0.242. The monoisotopic (exact) mass is 288 g/mol. The van der Waals surface area contributed by atoms with Gasteiger partial charge in [-0.2, -0.15) is 0 Å². The molecule has 1 aromatic carbocycles. The van der Waals surface area contributed by atoms with E-state index in [0.717, 1.165) is 11.1 Å². The highest BCUT2D eigenvalue weighted by atomic mass is 16.5. The summed E-state index contributed by atoms with van der Waals surface area (Å²) >= 11 is 0. The van der Waals surface area contributed by atoms with Crippen molar-refractivity contribution in [3.63, 3.8) is 0 Å². The van der Waals surface area contributed by atoms with Crippen LogP contribution >= 0.6 is 0 Å². The van der Waals surface area contributed by atoms with Crippen LogP contribution in [0.5, 0.6) is 5.75 Å². The molecule has 0 saturated carbocycles. The van der Waals surface area contributed by atoms with Crippen molar-refractivity contribution in [3.8, 4) is 5.75 Å². The second kappa shape index (κ2) is 6.60. The van der Waals surface area contributed by atoms with Crippen molar-refractivity contribution in [2.75, 3.05) is 6.61 Å². The van der Waals surface area contributed by atoms with Gasteiger partial charge in [0.05, 0.1) is 6.26 Å². The molecule has 2 N–H and O–H groups in total. The third kappa shape index (κ3) is 4.10. The van der Waals surface area contributed by atoms with Gasteiger partial charge >= 0.3 is 5.91 Å². The van der Waals surface area contributed by atoms with Crippen molar-refractivity contribution in [3.05, 3.63) is 53.5 Å². The molecule has 6 nitrogen and oxygen atoms in total. The molecule has 0 atom stereocenters. The molecule has 1 aromatic heterocycles. The van der Waals surface area contributed by atoms with Crippen LogP contribution in [0.25, 0.3) is 0 Å². The lowest BCUT2D eigenvalue weighted by Crippen LogP contribution is -2.43. The van der Waals surface area contributed by atoms with Crippen LogP contribution < -0.4 is 15.6 Å². The van der Waals surface area contributed by atoms with Gasteiger partial charge in [0, 0.05) is 0 Å². The molecule has 0 bridgehead atoms. The highest BCUT2D eigenvalue weighted by Crippen LogP contribution is 2.18. The predicted octanol–water partition coefficient (Wildman–Crippen LogP) is 1.74. The third-order valence-electron chi connectivity index (χ3n) is 2.75. The van der Waals surface area contributed by atoms with Crippen LogP contribution in [0.1, 0.15) is 21.7 Å². The van der Waals surface area contributed by atoms with Crippen molar-refractivity contribution >= 4 is 11.8 Å². The Morgan fingerprint density at radius 3 is 2.67 bits per heavy atom. The molecule has 2 aromatic rings. The van der Waals surface area contributed by atoms with Gasteiger partial charge in [0.15, 0.2) is 12.4 Å². The van der Waals surface area contributed by atoms with Gasteiger partial charge in [0.1, 0.15) is 5.75 Å². The quantitative estimate of drug-likeness (QED) is 0.840. The number of rotatable bonds is 4. The van der Waals surface area contributed by atoms with E-state index in [-0.39, 0.29) is 12.4 Å². The SMILES string of the molecule is Cc1ccc(OCC(=O)NNC(=O)c2ccco2)c(C)c1. The van der Waals surface area contributed by atoms with E-state index in [1.165, 1.54) is 12.3 Å². The van der Waals surface area contributed by atoms with E-state index < -0.39 is 11.8 Å². The van der Waals surface area contributed by atoms with E-state index in [2.05, 4.69) is 10.9 Å². The maximum Gasteiger partial charge on any atom is 0.305 e. The standard InChI is InChI=1S/C15H16N2O4/c1-10-5-6-12(11(2)8-10)21-9-14(18)16-17-15(19)13-4-3-7-20-13/h3-8H,9H2,1-2H3,(H,16,18)(H,17,19). The Morgan fingerprint density at radius 2 is 2.00 bits per heavy atom. The molecule has 1 heterocycles. The molecule has 0 fully saturated rings. The van der Waals surface area contributed by atoms with Gasteiger partial charge in [-0.05, 0) is 37.6 Å². The van der Waals surface area contributed by atoms with Crippen LogP contribution in [-0.2, 0) is 4.79 Å². The fourth-order valence-corrected chi connectivity index (χ4v) is 1.74. The second-order valence-corrected chi connectivity index (χ2v) is 4.54. The fraction of sp³-hybridized carbons (Fsp3) is 0.200. The number of carbonyl (C=O) groups is 2. The number of hydrogen-bond acceptors (Lipinski definition) is 4. The van der Waals surface area contributed by atoms with Crippen LogP contribution in [0.2, 0.25) is 0 Å². The number of carbonyl (C=O) groups excluding carboxylic acids is 2. The number of aryl methyl sites for hydroxylation is 2. The molecule has 6 heteroatoms. The lowest BCUT2D eigenvalue weighted by molar-refractivity contribution is -0.123. The Kier molecular flexibility index (Phi) is 4.61. The average molecular weight is 288 g/mol. The normalized spacial score (nSPS) is 10.0. The van der Waals surface area contributed by atoms with Crippen LogP contribution in [-0.4, -0.2) is 18.4 Å². The van der Waals surface area contributed by atoms with Gasteiger partial charge in [0.2, 0.25) is 0 Å². The first-order valence-electron chi connectivity index (χ1n) is 6.39. The second-order valence-electron chi connectivity index (χ2n) is 4.54. The van der Waals surface area contributed by atoms with Crippen LogP contribution in [0, 0.1) is 13.8 Å². The van der Waals surface area contributed by atoms with Crippen LogP contribution in [0.15, 0.2) is 41.0 Å². The van der Waals surface area contributed by atoms with Crippen molar-refractivity contribution in [2.45, 2.75) is 13.8 Å². The molecule has 2 rings (SSSR count). The molecule has 21 heavy (non-hydrogen) atoms. The topological polar surface area (TPSA) is 80.6 Å². The lowest BCUT2D eigenvalue weighted by atomic mass is 10.1. The molecule has 0 radical (unpaired) electrons. The zero-order valence-electron chi connectivity index (χ0n) is 11.8. The minimum absolute atomic E-state index is 0.116. The Hall–Kier alpha value is -2.76. The number of amides is 2. The van der Waals surface area contributed by atoms with E-state index in [9.17, 15) is 9.59 Å². The predicted molar refractivity (Wildman–Crippen MR) is 75.7 cm³/mol. The molecular formula is C15H16N2O4. The first-order valence-corrected chi connectivity index (χ1v) is 6.39. The van der Waals surface area contributed by atoms with Gasteiger partial charge in [-0.1, -0.05) is 17.7 Å². The minimum atomic E-state index is -0.528. The number of hydrogen-bond donors (Lipinski definition) is 2. The third-order valence-corrected chi connectivity index (χ3v) is 2.75. The maximum atomic E-state index is 11.6. The summed E-state index contributed by atoms with van der Waals surface area (Å²) in [6, 6.07) is 8.75. The first-order chi connectivity index (χ1) is 10.1. The van der Waals surface area contributed by atoms with E-state index >= 15 is 0 Å². The van der Waals surface area contributed by atoms with Crippen LogP contribution in [0.3, 0.4) is 0 Å². The Morgan fingerprint density at radius 1 is 1.19 bits per heavy atom. The summed E-state index contributed by atoms with van der Waals surface area (Å²) < 4.78 is 10.3. The summed E-state index contributed by atoms with van der Waals surface area (Å²) in [5.41, 5.74) is 6.55. The number of hydrazine groups is 1.